The number of likely N-dealkylation sites (tertiary alicyclic amines) is 1. The van der Waals surface area contributed by atoms with E-state index in [1.807, 2.05) is 65.6 Å². The number of carbonyl (C=O) groups excluding carboxylic acids is 1. The number of hydrogen-bond donors (Lipinski definition) is 3. The fourth-order valence-corrected chi connectivity index (χ4v) is 4.75. The van der Waals surface area contributed by atoms with Gasteiger partial charge in [-0.05, 0) is 81.4 Å². The lowest BCUT2D eigenvalue weighted by molar-refractivity contribution is 0.0702. The van der Waals surface area contributed by atoms with E-state index in [2.05, 4.69) is 41.7 Å². The Morgan fingerprint density at radius 1 is 1.08 bits per heavy atom. The molecule has 1 amide bonds. The molecule has 1 saturated heterocycles. The third-order valence-electron chi connectivity index (χ3n) is 6.55. The molecule has 7 heteroatoms. The van der Waals surface area contributed by atoms with Crippen molar-refractivity contribution in [3.8, 4) is 11.3 Å². The number of imidazole rings is 1. The molecule has 1 fully saturated rings. The molecule has 0 aliphatic carbocycles. The van der Waals surface area contributed by atoms with Gasteiger partial charge in [0.05, 0.1) is 12.0 Å². The summed E-state index contributed by atoms with van der Waals surface area (Å²) < 4.78 is 0. The van der Waals surface area contributed by atoms with Crippen molar-refractivity contribution in [3.05, 3.63) is 76.5 Å². The monoisotopic (exact) mass is 521 g/mol. The number of aliphatic hydroxyl groups is 1. The molecule has 0 radical (unpaired) electrons. The van der Waals surface area contributed by atoms with Crippen LogP contribution in [0.15, 0.2) is 48.3 Å². The molecule has 0 atom stereocenters. The topological polar surface area (TPSA) is 96.3 Å². The average Bonchev–Trinajstić information content (AvgIpc) is 3.29. The van der Waals surface area contributed by atoms with Gasteiger partial charge in [0.1, 0.15) is 5.82 Å². The van der Waals surface area contributed by atoms with Crippen molar-refractivity contribution < 1.29 is 9.90 Å². The molecule has 208 valence electrons. The SMILES string of the molecule is C=C1C=C(C2CCN(C(=O)c3cc(-c4nc(C)[nH]c4C)c(C)cc3C)CC2)C=CN1C=N.CC.CC.CO. The van der Waals surface area contributed by atoms with Gasteiger partial charge in [0.2, 0.25) is 0 Å². The maximum absolute atomic E-state index is 13.4. The molecule has 0 saturated carbocycles. The highest BCUT2D eigenvalue weighted by atomic mass is 16.2. The second kappa shape index (κ2) is 15.7. The Kier molecular flexibility index (Phi) is 13.5. The number of benzene rings is 1. The maximum Gasteiger partial charge on any atom is 0.254 e. The van der Waals surface area contributed by atoms with Crippen LogP contribution in [0.2, 0.25) is 0 Å². The maximum atomic E-state index is 13.4. The van der Waals surface area contributed by atoms with Crippen molar-refractivity contribution in [3.63, 3.8) is 0 Å². The molecule has 3 N–H and O–H groups in total. The second-order valence-corrected chi connectivity index (χ2v) is 8.83. The van der Waals surface area contributed by atoms with Gasteiger partial charge in [0, 0.05) is 48.9 Å². The quantitative estimate of drug-likeness (QED) is 0.308. The van der Waals surface area contributed by atoms with E-state index in [1.165, 1.54) is 11.9 Å². The van der Waals surface area contributed by atoms with E-state index in [4.69, 9.17) is 10.5 Å². The number of allylic oxidation sites excluding steroid dienone is 3. The normalized spacial score (nSPS) is 14.8. The average molecular weight is 522 g/mol. The largest absolute Gasteiger partial charge is 0.400 e. The summed E-state index contributed by atoms with van der Waals surface area (Å²) in [5.41, 5.74) is 7.89. The first kappa shape index (κ1) is 32.6. The van der Waals surface area contributed by atoms with Gasteiger partial charge < -0.3 is 19.9 Å². The zero-order valence-corrected chi connectivity index (χ0v) is 24.8. The van der Waals surface area contributed by atoms with E-state index in [1.54, 1.807) is 4.90 Å². The molecule has 4 rings (SSSR count). The molecule has 1 aromatic carbocycles. The highest BCUT2D eigenvalue weighted by Crippen LogP contribution is 2.32. The Balaban J connectivity index is 0.00000112. The Morgan fingerprint density at radius 3 is 2.18 bits per heavy atom. The minimum atomic E-state index is 0.0969. The van der Waals surface area contributed by atoms with Gasteiger partial charge in [-0.1, -0.05) is 40.3 Å². The van der Waals surface area contributed by atoms with Crippen molar-refractivity contribution in [1.29, 1.82) is 5.41 Å². The molecular weight excluding hydrogens is 474 g/mol. The van der Waals surface area contributed by atoms with Crippen LogP contribution in [-0.4, -0.2) is 57.3 Å². The Hall–Kier alpha value is -3.45. The number of aryl methyl sites for hydroxylation is 4. The van der Waals surface area contributed by atoms with E-state index in [0.717, 1.165) is 78.2 Å². The zero-order valence-electron chi connectivity index (χ0n) is 24.8. The van der Waals surface area contributed by atoms with Crippen LogP contribution in [0.5, 0.6) is 0 Å². The summed E-state index contributed by atoms with van der Waals surface area (Å²) >= 11 is 0. The summed E-state index contributed by atoms with van der Waals surface area (Å²) in [4.78, 5) is 25.0. The highest BCUT2D eigenvalue weighted by molar-refractivity contribution is 5.97. The van der Waals surface area contributed by atoms with E-state index < -0.39 is 0 Å². The van der Waals surface area contributed by atoms with Gasteiger partial charge in [0.25, 0.3) is 5.91 Å². The summed E-state index contributed by atoms with van der Waals surface area (Å²) in [6.07, 6.45) is 9.12. The fraction of sp³-hybridized carbons (Fsp3) is 0.452. The van der Waals surface area contributed by atoms with Crippen molar-refractivity contribution in [2.24, 2.45) is 5.92 Å². The Bertz CT molecular complexity index is 1150. The molecule has 2 aliphatic rings. The summed E-state index contributed by atoms with van der Waals surface area (Å²) in [7, 11) is 1.00. The molecule has 38 heavy (non-hydrogen) atoms. The lowest BCUT2D eigenvalue weighted by Gasteiger charge is -2.34. The number of nitrogens with zero attached hydrogens (tertiary/aromatic N) is 3. The van der Waals surface area contributed by atoms with E-state index in [0.29, 0.717) is 5.92 Å². The lowest BCUT2D eigenvalue weighted by Crippen LogP contribution is -2.39. The minimum absolute atomic E-state index is 0.0969. The number of aliphatic hydroxyl groups excluding tert-OH is 1. The molecule has 0 bridgehead atoms. The van der Waals surface area contributed by atoms with E-state index >= 15 is 0 Å². The standard InChI is InChI=1S/C26H31N5O.2C2H6.CH4O/c1-16-12-17(2)24(14-23(16)25-19(4)28-20(5)29-25)26(32)30-9-6-21(7-10-30)22-8-11-31(15-27)18(3)13-22;3*1-2/h8,11-15,21,27H,3,6-7,9-10H2,1-2,4-5H3,(H,28,29);2*1-2H3;2H,1H3. The van der Waals surface area contributed by atoms with Gasteiger partial charge in [-0.25, -0.2) is 4.98 Å². The predicted octanol–water partition coefficient (Wildman–Crippen LogP) is 6.70. The first-order valence-electron chi connectivity index (χ1n) is 13.5. The first-order chi connectivity index (χ1) is 18.3. The zero-order chi connectivity index (χ0) is 29.0. The first-order valence-corrected chi connectivity index (χ1v) is 13.5. The van der Waals surface area contributed by atoms with Crippen LogP contribution in [0.4, 0.5) is 0 Å². The van der Waals surface area contributed by atoms with Crippen molar-refractivity contribution in [2.45, 2.75) is 68.2 Å². The molecule has 3 heterocycles. The number of nitrogens with one attached hydrogen (secondary N) is 2. The van der Waals surface area contributed by atoms with Crippen LogP contribution in [0.1, 0.15) is 73.5 Å². The smallest absolute Gasteiger partial charge is 0.254 e. The number of amides is 1. The van der Waals surface area contributed by atoms with Crippen molar-refractivity contribution in [1.82, 2.24) is 19.8 Å². The summed E-state index contributed by atoms with van der Waals surface area (Å²) in [6, 6.07) is 4.11. The molecule has 0 unspecified atom stereocenters. The van der Waals surface area contributed by atoms with E-state index in [-0.39, 0.29) is 5.91 Å². The van der Waals surface area contributed by atoms with Crippen LogP contribution < -0.4 is 0 Å². The van der Waals surface area contributed by atoms with Gasteiger partial charge in [0.15, 0.2) is 0 Å². The number of aromatic nitrogens is 2. The second-order valence-electron chi connectivity index (χ2n) is 8.83. The van der Waals surface area contributed by atoms with Crippen LogP contribution in [0.3, 0.4) is 0 Å². The number of rotatable bonds is 4. The van der Waals surface area contributed by atoms with Gasteiger partial charge in [-0.3, -0.25) is 10.2 Å². The number of aromatic amines is 1. The number of hydrogen-bond acceptors (Lipinski definition) is 4. The molecule has 2 aliphatic heterocycles. The Labute approximate surface area is 229 Å². The van der Waals surface area contributed by atoms with Gasteiger partial charge in [-0.2, -0.15) is 0 Å². The fourth-order valence-electron chi connectivity index (χ4n) is 4.75. The lowest BCUT2D eigenvalue weighted by atomic mass is 9.87. The van der Waals surface area contributed by atoms with Crippen LogP contribution in [0, 0.1) is 39.0 Å². The van der Waals surface area contributed by atoms with Crippen LogP contribution >= 0.6 is 0 Å². The Morgan fingerprint density at radius 2 is 1.68 bits per heavy atom. The summed E-state index contributed by atoms with van der Waals surface area (Å²) in [5.74, 6) is 1.38. The molecule has 0 spiro atoms. The number of H-pyrrole nitrogens is 1. The highest BCUT2D eigenvalue weighted by Gasteiger charge is 2.27. The van der Waals surface area contributed by atoms with Gasteiger partial charge >= 0.3 is 0 Å². The van der Waals surface area contributed by atoms with Crippen molar-refractivity contribution >= 4 is 12.2 Å². The summed E-state index contributed by atoms with van der Waals surface area (Å²) in [5, 5.41) is 14.4. The minimum Gasteiger partial charge on any atom is -0.400 e. The molecular formula is C31H47N5O2. The van der Waals surface area contributed by atoms with Crippen LogP contribution in [0.25, 0.3) is 11.3 Å². The van der Waals surface area contributed by atoms with Crippen molar-refractivity contribution in [2.75, 3.05) is 20.2 Å². The number of piperidine rings is 1. The molecule has 1 aromatic heterocycles. The third kappa shape index (κ3) is 7.54. The summed E-state index contributed by atoms with van der Waals surface area (Å²) in [6.45, 7) is 21.6. The number of carbonyl (C=O) groups is 1. The molecule has 7 nitrogen and oxygen atoms in total. The third-order valence-corrected chi connectivity index (χ3v) is 6.55. The molecule has 2 aromatic rings. The van der Waals surface area contributed by atoms with Crippen LogP contribution in [-0.2, 0) is 0 Å². The van der Waals surface area contributed by atoms with E-state index in [9.17, 15) is 4.79 Å². The predicted molar refractivity (Wildman–Crippen MR) is 159 cm³/mol. The van der Waals surface area contributed by atoms with Gasteiger partial charge in [-0.15, -0.1) is 0 Å².